The number of nitrogens with zero attached hydrogens (tertiary/aromatic N) is 3. The lowest BCUT2D eigenvalue weighted by atomic mass is 10.1. The Balaban J connectivity index is 0.00000145. The normalized spacial score (nSPS) is 9.90. The summed E-state index contributed by atoms with van der Waals surface area (Å²) in [4.78, 5) is 25.0. The molecule has 0 radical (unpaired) electrons. The molecule has 3 aromatic rings. The van der Waals surface area contributed by atoms with Crippen molar-refractivity contribution in [3.63, 3.8) is 0 Å². The second-order valence-electron chi connectivity index (χ2n) is 5.69. The Bertz CT molecular complexity index is 926. The molecule has 0 atom stereocenters. The number of hydrogen-bond donors (Lipinski definition) is 3. The van der Waals surface area contributed by atoms with Crippen molar-refractivity contribution in [2.24, 2.45) is 10.7 Å². The van der Waals surface area contributed by atoms with Gasteiger partial charge in [0.1, 0.15) is 0 Å². The van der Waals surface area contributed by atoms with Crippen LogP contribution in [0.3, 0.4) is 0 Å². The third-order valence-corrected chi connectivity index (χ3v) is 4.59. The van der Waals surface area contributed by atoms with Crippen molar-refractivity contribution < 1.29 is 4.79 Å². The molecule has 2 aromatic heterocycles. The van der Waals surface area contributed by atoms with Crippen molar-refractivity contribution in [3.8, 4) is 11.3 Å². The van der Waals surface area contributed by atoms with Crippen LogP contribution in [0.15, 0.2) is 53.1 Å². The maximum atomic E-state index is 12.5. The smallest absolute Gasteiger partial charge is 0.257 e. The van der Waals surface area contributed by atoms with Gasteiger partial charge in [-0.3, -0.25) is 20.1 Å². The zero-order valence-electron chi connectivity index (χ0n) is 16.7. The molecule has 2 heterocycles. The number of hydrogen-bond acceptors (Lipinski definition) is 7. The Morgan fingerprint density at radius 1 is 1.24 bits per heavy atom. The van der Waals surface area contributed by atoms with E-state index in [0.29, 0.717) is 22.9 Å². The number of aromatic nitrogens is 2. The monoisotopic (exact) mass is 410 g/mol. The number of pyridine rings is 1. The van der Waals surface area contributed by atoms with Crippen molar-refractivity contribution >= 4 is 40.5 Å². The Hall–Kier alpha value is -3.10. The first-order valence-electron chi connectivity index (χ1n) is 9.43. The summed E-state index contributed by atoms with van der Waals surface area (Å²) in [6, 6.07) is 9.01. The molecular formula is C21H26N6OS. The number of benzene rings is 1. The number of thiazole rings is 1. The highest BCUT2D eigenvalue weighted by atomic mass is 32.1. The Kier molecular flexibility index (Phi) is 8.94. The second-order valence-corrected chi connectivity index (χ2v) is 6.55. The SMILES string of the molecule is C=Nc1cc(C(=O)Nc2nc(-c3ccncc3)cs2)ccc1NCCCN.CC. The summed E-state index contributed by atoms with van der Waals surface area (Å²) >= 11 is 1.37. The Labute approximate surface area is 175 Å². The largest absolute Gasteiger partial charge is 0.383 e. The predicted molar refractivity (Wildman–Crippen MR) is 122 cm³/mol. The second kappa shape index (κ2) is 11.7. The lowest BCUT2D eigenvalue weighted by Crippen LogP contribution is -2.12. The molecule has 4 N–H and O–H groups in total. The minimum absolute atomic E-state index is 0.246. The highest BCUT2D eigenvalue weighted by Gasteiger charge is 2.12. The van der Waals surface area contributed by atoms with Crippen LogP contribution in [0.2, 0.25) is 0 Å². The van der Waals surface area contributed by atoms with E-state index in [1.54, 1.807) is 24.5 Å². The van der Waals surface area contributed by atoms with Crippen molar-refractivity contribution in [2.75, 3.05) is 23.7 Å². The van der Waals surface area contributed by atoms with Gasteiger partial charge in [0.15, 0.2) is 5.13 Å². The molecule has 0 bridgehead atoms. The summed E-state index contributed by atoms with van der Waals surface area (Å²) in [6.07, 6.45) is 4.27. The number of carbonyl (C=O) groups is 1. The maximum absolute atomic E-state index is 12.5. The van der Waals surface area contributed by atoms with E-state index >= 15 is 0 Å². The molecule has 29 heavy (non-hydrogen) atoms. The summed E-state index contributed by atoms with van der Waals surface area (Å²) in [5.41, 5.74) is 9.18. The van der Waals surface area contributed by atoms with Gasteiger partial charge in [0.25, 0.3) is 5.91 Å². The number of nitrogens with one attached hydrogen (secondary N) is 2. The van der Waals surface area contributed by atoms with E-state index in [9.17, 15) is 4.79 Å². The quantitative estimate of drug-likeness (QED) is 0.372. The molecule has 0 unspecified atom stereocenters. The molecule has 0 aliphatic heterocycles. The Morgan fingerprint density at radius 2 is 2.00 bits per heavy atom. The third-order valence-electron chi connectivity index (χ3n) is 3.83. The van der Waals surface area contributed by atoms with E-state index in [1.807, 2.05) is 37.4 Å². The molecule has 0 fully saturated rings. The van der Waals surface area contributed by atoms with Crippen LogP contribution in [0, 0.1) is 0 Å². The van der Waals surface area contributed by atoms with E-state index in [4.69, 9.17) is 5.73 Å². The van der Waals surface area contributed by atoms with Gasteiger partial charge >= 0.3 is 0 Å². The summed E-state index contributed by atoms with van der Waals surface area (Å²) in [5, 5.41) is 8.49. The highest BCUT2D eigenvalue weighted by Crippen LogP contribution is 2.28. The first-order chi connectivity index (χ1) is 14.2. The predicted octanol–water partition coefficient (Wildman–Crippen LogP) is 4.58. The van der Waals surface area contributed by atoms with Crippen LogP contribution in [0.5, 0.6) is 0 Å². The lowest BCUT2D eigenvalue weighted by molar-refractivity contribution is 0.102. The first-order valence-corrected chi connectivity index (χ1v) is 10.3. The first kappa shape index (κ1) is 22.2. The molecule has 0 saturated heterocycles. The number of amides is 1. The van der Waals surface area contributed by atoms with Crippen molar-refractivity contribution in [1.82, 2.24) is 9.97 Å². The molecule has 7 nitrogen and oxygen atoms in total. The number of aliphatic imine (C=N–C) groups is 1. The van der Waals surface area contributed by atoms with Gasteiger partial charge in [-0.1, -0.05) is 13.8 Å². The minimum Gasteiger partial charge on any atom is -0.383 e. The summed E-state index contributed by atoms with van der Waals surface area (Å²) in [6.45, 7) is 8.93. The van der Waals surface area contributed by atoms with Crippen LogP contribution in [0.1, 0.15) is 30.6 Å². The van der Waals surface area contributed by atoms with Gasteiger partial charge in [-0.25, -0.2) is 4.98 Å². The lowest BCUT2D eigenvalue weighted by Gasteiger charge is -2.10. The van der Waals surface area contributed by atoms with Crippen molar-refractivity contribution in [3.05, 3.63) is 53.7 Å². The van der Waals surface area contributed by atoms with Gasteiger partial charge < -0.3 is 11.1 Å². The maximum Gasteiger partial charge on any atom is 0.257 e. The van der Waals surface area contributed by atoms with Crippen LogP contribution in [-0.4, -0.2) is 35.7 Å². The van der Waals surface area contributed by atoms with Gasteiger partial charge in [-0.2, -0.15) is 0 Å². The minimum atomic E-state index is -0.246. The number of nitrogens with two attached hydrogens (primary N) is 1. The fourth-order valence-corrected chi connectivity index (χ4v) is 3.15. The number of carbonyl (C=O) groups excluding carboxylic acids is 1. The van der Waals surface area contributed by atoms with Crippen LogP contribution in [-0.2, 0) is 0 Å². The van der Waals surface area contributed by atoms with E-state index < -0.39 is 0 Å². The van der Waals surface area contributed by atoms with E-state index in [1.165, 1.54) is 11.3 Å². The number of anilines is 2. The van der Waals surface area contributed by atoms with Crippen LogP contribution in [0.25, 0.3) is 11.3 Å². The molecule has 1 amide bonds. The molecule has 0 aliphatic carbocycles. The summed E-state index contributed by atoms with van der Waals surface area (Å²) in [5.74, 6) is -0.246. The van der Waals surface area contributed by atoms with Crippen LogP contribution in [0.4, 0.5) is 16.5 Å². The molecule has 8 heteroatoms. The fraction of sp³-hybridized carbons (Fsp3) is 0.238. The number of rotatable bonds is 8. The topological polar surface area (TPSA) is 105 Å². The fourth-order valence-electron chi connectivity index (χ4n) is 2.43. The van der Waals surface area contributed by atoms with E-state index in [2.05, 4.69) is 32.3 Å². The zero-order chi connectivity index (χ0) is 21.1. The zero-order valence-corrected chi connectivity index (χ0v) is 17.5. The van der Waals surface area contributed by atoms with Gasteiger partial charge in [-0.05, 0) is 50.0 Å². The standard InChI is InChI=1S/C19H20N6OS.C2H6/c1-21-16-11-14(3-4-15(16)23-8-2-7-20)18(26)25-19-24-17(12-27-19)13-5-9-22-10-6-13;1-2/h3-6,9-12,23H,1-2,7-8,20H2,(H,24,25,26);1-2H3. The Morgan fingerprint density at radius 3 is 2.69 bits per heavy atom. The summed E-state index contributed by atoms with van der Waals surface area (Å²) < 4.78 is 0. The van der Waals surface area contributed by atoms with Gasteiger partial charge in [0, 0.05) is 35.4 Å². The average Bonchev–Trinajstić information content (AvgIpc) is 3.24. The van der Waals surface area contributed by atoms with Crippen molar-refractivity contribution in [2.45, 2.75) is 20.3 Å². The van der Waals surface area contributed by atoms with Gasteiger partial charge in [0.05, 0.1) is 17.1 Å². The van der Waals surface area contributed by atoms with E-state index in [0.717, 1.165) is 29.9 Å². The van der Waals surface area contributed by atoms with Crippen molar-refractivity contribution in [1.29, 1.82) is 0 Å². The van der Waals surface area contributed by atoms with Crippen LogP contribution < -0.4 is 16.4 Å². The average molecular weight is 411 g/mol. The molecule has 0 spiro atoms. The molecule has 0 aliphatic rings. The van der Waals surface area contributed by atoms with Gasteiger partial charge in [0.2, 0.25) is 0 Å². The van der Waals surface area contributed by atoms with E-state index in [-0.39, 0.29) is 5.91 Å². The van der Waals surface area contributed by atoms with Gasteiger partial charge in [-0.15, -0.1) is 11.3 Å². The third kappa shape index (κ3) is 6.20. The molecular weight excluding hydrogens is 384 g/mol. The highest BCUT2D eigenvalue weighted by molar-refractivity contribution is 7.14. The summed E-state index contributed by atoms with van der Waals surface area (Å²) in [7, 11) is 0. The molecule has 1 aromatic carbocycles. The molecule has 0 saturated carbocycles. The molecule has 3 rings (SSSR count). The van der Waals surface area contributed by atoms with Crippen LogP contribution >= 0.6 is 11.3 Å². The molecule has 152 valence electrons.